The lowest BCUT2D eigenvalue weighted by molar-refractivity contribution is 0.191. The molecule has 20 heavy (non-hydrogen) atoms. The van der Waals surface area contributed by atoms with E-state index in [9.17, 15) is 5.11 Å². The first-order valence-electron chi connectivity index (χ1n) is 6.19. The first kappa shape index (κ1) is 13.0. The second kappa shape index (κ2) is 5.19. The van der Waals surface area contributed by atoms with E-state index < -0.39 is 6.10 Å². The zero-order valence-electron chi connectivity index (χ0n) is 10.8. The molecule has 0 bridgehead atoms. The van der Waals surface area contributed by atoms with Crippen LogP contribution in [0.25, 0.3) is 10.8 Å². The average Bonchev–Trinajstić information content (AvgIpc) is 2.92. The van der Waals surface area contributed by atoms with E-state index in [2.05, 4.69) is 0 Å². The van der Waals surface area contributed by atoms with E-state index >= 15 is 0 Å². The highest BCUT2D eigenvalue weighted by Gasteiger charge is 2.18. The molecule has 0 aliphatic rings. The monoisotopic (exact) mass is 288 g/mol. The summed E-state index contributed by atoms with van der Waals surface area (Å²) >= 11 is 5.76. The van der Waals surface area contributed by atoms with Gasteiger partial charge in [0, 0.05) is 5.39 Å². The maximum Gasteiger partial charge on any atom is 0.193 e. The van der Waals surface area contributed by atoms with Gasteiger partial charge in [0.05, 0.1) is 7.11 Å². The molecule has 0 radical (unpaired) electrons. The predicted octanol–water partition coefficient (Wildman–Crippen LogP) is 4.18. The lowest BCUT2D eigenvalue weighted by Gasteiger charge is -2.14. The summed E-state index contributed by atoms with van der Waals surface area (Å²) < 4.78 is 10.6. The Morgan fingerprint density at radius 1 is 1.05 bits per heavy atom. The van der Waals surface area contributed by atoms with Gasteiger partial charge in [0.15, 0.2) is 5.22 Å². The van der Waals surface area contributed by atoms with Crippen LogP contribution < -0.4 is 4.74 Å². The highest BCUT2D eigenvalue weighted by Crippen LogP contribution is 2.34. The van der Waals surface area contributed by atoms with Crippen LogP contribution in [0.4, 0.5) is 0 Å². The fourth-order valence-electron chi connectivity index (χ4n) is 2.34. The van der Waals surface area contributed by atoms with Crippen molar-refractivity contribution in [2.75, 3.05) is 7.11 Å². The summed E-state index contributed by atoms with van der Waals surface area (Å²) in [6.45, 7) is 0. The van der Waals surface area contributed by atoms with Crippen molar-refractivity contribution in [3.63, 3.8) is 0 Å². The molecule has 1 N–H and O–H groups in total. The molecule has 0 amide bonds. The van der Waals surface area contributed by atoms with Crippen molar-refractivity contribution >= 4 is 22.4 Å². The Kier molecular flexibility index (Phi) is 3.38. The Hall–Kier alpha value is -1.97. The average molecular weight is 289 g/mol. The van der Waals surface area contributed by atoms with Crippen molar-refractivity contribution in [2.24, 2.45) is 0 Å². The zero-order valence-corrected chi connectivity index (χ0v) is 11.6. The number of aliphatic hydroxyl groups excluding tert-OH is 1. The number of furan rings is 1. The number of benzene rings is 2. The van der Waals surface area contributed by atoms with E-state index in [0.29, 0.717) is 5.76 Å². The number of rotatable bonds is 3. The van der Waals surface area contributed by atoms with E-state index in [1.54, 1.807) is 19.2 Å². The maximum absolute atomic E-state index is 10.5. The normalized spacial score (nSPS) is 12.6. The Balaban J connectivity index is 2.17. The first-order chi connectivity index (χ1) is 9.70. The number of hydrogen-bond donors (Lipinski definition) is 1. The number of aliphatic hydroxyl groups is 1. The third kappa shape index (κ3) is 2.15. The standard InChI is InChI=1S/C16H13ClO3/c1-19-13-7-6-12(10-4-2-3-5-11(10)13)16(18)14-8-9-15(17)20-14/h2-9,16,18H,1H3. The Morgan fingerprint density at radius 3 is 2.45 bits per heavy atom. The molecule has 0 spiro atoms. The minimum Gasteiger partial charge on any atom is -0.496 e. The summed E-state index contributed by atoms with van der Waals surface area (Å²) in [5.41, 5.74) is 0.757. The van der Waals surface area contributed by atoms with Gasteiger partial charge < -0.3 is 14.3 Å². The summed E-state index contributed by atoms with van der Waals surface area (Å²) in [6, 6.07) is 14.7. The lowest BCUT2D eigenvalue weighted by atomic mass is 9.98. The molecule has 0 aliphatic carbocycles. The summed E-state index contributed by atoms with van der Waals surface area (Å²) in [7, 11) is 1.63. The molecule has 4 heteroatoms. The molecular weight excluding hydrogens is 276 g/mol. The third-order valence-electron chi connectivity index (χ3n) is 3.30. The van der Waals surface area contributed by atoms with Crippen LogP contribution in [0.3, 0.4) is 0 Å². The second-order valence-electron chi connectivity index (χ2n) is 4.45. The molecule has 3 aromatic rings. The summed E-state index contributed by atoms with van der Waals surface area (Å²) in [4.78, 5) is 0. The van der Waals surface area contributed by atoms with Crippen LogP contribution in [0.1, 0.15) is 17.4 Å². The van der Waals surface area contributed by atoms with Crippen molar-refractivity contribution in [1.29, 1.82) is 0 Å². The van der Waals surface area contributed by atoms with Crippen LogP contribution in [0, 0.1) is 0 Å². The topological polar surface area (TPSA) is 42.6 Å². The Labute approximate surface area is 121 Å². The van der Waals surface area contributed by atoms with Gasteiger partial charge in [-0.15, -0.1) is 0 Å². The highest BCUT2D eigenvalue weighted by atomic mass is 35.5. The number of methoxy groups -OCH3 is 1. The van der Waals surface area contributed by atoms with Crippen molar-refractivity contribution in [1.82, 2.24) is 0 Å². The van der Waals surface area contributed by atoms with Gasteiger partial charge in [-0.25, -0.2) is 0 Å². The van der Waals surface area contributed by atoms with Gasteiger partial charge in [0.1, 0.15) is 17.6 Å². The largest absolute Gasteiger partial charge is 0.496 e. The molecule has 0 saturated heterocycles. The molecule has 3 rings (SSSR count). The minimum absolute atomic E-state index is 0.261. The van der Waals surface area contributed by atoms with Gasteiger partial charge in [-0.3, -0.25) is 0 Å². The number of halogens is 1. The molecule has 1 unspecified atom stereocenters. The molecular formula is C16H13ClO3. The van der Waals surface area contributed by atoms with Gasteiger partial charge >= 0.3 is 0 Å². The maximum atomic E-state index is 10.5. The van der Waals surface area contributed by atoms with Crippen LogP contribution in [-0.4, -0.2) is 12.2 Å². The molecule has 102 valence electrons. The highest BCUT2D eigenvalue weighted by molar-refractivity contribution is 6.28. The molecule has 1 aromatic heterocycles. The SMILES string of the molecule is COc1ccc(C(O)c2ccc(Cl)o2)c2ccccc12. The van der Waals surface area contributed by atoms with Gasteiger partial charge in [-0.1, -0.05) is 30.3 Å². The Bertz CT molecular complexity index is 748. The summed E-state index contributed by atoms with van der Waals surface area (Å²) in [5, 5.41) is 12.6. The zero-order chi connectivity index (χ0) is 14.1. The minimum atomic E-state index is -0.863. The molecule has 2 aromatic carbocycles. The van der Waals surface area contributed by atoms with Crippen LogP contribution in [-0.2, 0) is 0 Å². The van der Waals surface area contributed by atoms with E-state index in [1.807, 2.05) is 36.4 Å². The predicted molar refractivity (Wildman–Crippen MR) is 78.3 cm³/mol. The van der Waals surface area contributed by atoms with Crippen LogP contribution in [0.5, 0.6) is 5.75 Å². The fraction of sp³-hybridized carbons (Fsp3) is 0.125. The fourth-order valence-corrected chi connectivity index (χ4v) is 2.49. The van der Waals surface area contributed by atoms with E-state index in [0.717, 1.165) is 22.1 Å². The molecule has 0 fully saturated rings. The van der Waals surface area contributed by atoms with E-state index in [1.165, 1.54) is 0 Å². The van der Waals surface area contributed by atoms with Crippen molar-refractivity contribution in [2.45, 2.75) is 6.10 Å². The molecule has 3 nitrogen and oxygen atoms in total. The number of fused-ring (bicyclic) bond motifs is 1. The van der Waals surface area contributed by atoms with Gasteiger partial charge in [-0.2, -0.15) is 0 Å². The third-order valence-corrected chi connectivity index (χ3v) is 3.50. The second-order valence-corrected chi connectivity index (χ2v) is 4.82. The number of hydrogen-bond acceptors (Lipinski definition) is 3. The van der Waals surface area contributed by atoms with Crippen molar-refractivity contribution in [3.05, 3.63) is 65.1 Å². The molecule has 0 aliphatic heterocycles. The van der Waals surface area contributed by atoms with Gasteiger partial charge in [0.2, 0.25) is 0 Å². The van der Waals surface area contributed by atoms with Gasteiger partial charge in [0.25, 0.3) is 0 Å². The smallest absolute Gasteiger partial charge is 0.193 e. The summed E-state index contributed by atoms with van der Waals surface area (Å²) in [5.74, 6) is 1.19. The van der Waals surface area contributed by atoms with Crippen LogP contribution in [0.2, 0.25) is 5.22 Å². The lowest BCUT2D eigenvalue weighted by Crippen LogP contribution is -1.99. The van der Waals surface area contributed by atoms with E-state index in [4.69, 9.17) is 20.8 Å². The van der Waals surface area contributed by atoms with Crippen LogP contribution in [0.15, 0.2) is 52.9 Å². The van der Waals surface area contributed by atoms with Crippen molar-refractivity contribution < 1.29 is 14.3 Å². The molecule has 1 heterocycles. The molecule has 0 saturated carbocycles. The van der Waals surface area contributed by atoms with Gasteiger partial charge in [-0.05, 0) is 40.7 Å². The quantitative estimate of drug-likeness (QED) is 0.786. The van der Waals surface area contributed by atoms with Crippen molar-refractivity contribution in [3.8, 4) is 5.75 Å². The number of ether oxygens (including phenoxy) is 1. The summed E-state index contributed by atoms with van der Waals surface area (Å²) in [6.07, 6.45) is -0.863. The Morgan fingerprint density at radius 2 is 1.80 bits per heavy atom. The van der Waals surface area contributed by atoms with Crippen LogP contribution >= 0.6 is 11.6 Å². The first-order valence-corrected chi connectivity index (χ1v) is 6.57. The molecule has 1 atom stereocenters. The van der Waals surface area contributed by atoms with E-state index in [-0.39, 0.29) is 5.22 Å².